The highest BCUT2D eigenvalue weighted by Gasteiger charge is 2.33. The zero-order chi connectivity index (χ0) is 18.8. The average Bonchev–Trinajstić information content (AvgIpc) is 2.51. The van der Waals surface area contributed by atoms with Crippen molar-refractivity contribution in [1.82, 2.24) is 0 Å². The predicted molar refractivity (Wildman–Crippen MR) is 92.6 cm³/mol. The molecule has 2 aromatic rings. The number of alkyl halides is 4. The summed E-state index contributed by atoms with van der Waals surface area (Å²) in [6, 6.07) is 4.81. The second-order valence-corrected chi connectivity index (χ2v) is 6.23. The second kappa shape index (κ2) is 7.73. The number of benzene rings is 2. The summed E-state index contributed by atoms with van der Waals surface area (Å²) in [7, 11) is 0. The van der Waals surface area contributed by atoms with E-state index in [0.29, 0.717) is 3.57 Å². The summed E-state index contributed by atoms with van der Waals surface area (Å²) in [6.45, 7) is 0. The maximum Gasteiger partial charge on any atom is 0.416 e. The molecule has 2 N–H and O–H groups in total. The SMILES string of the molecule is NC(CCl)=Nc1ccc(I)cc1Oc1c(F)cc(C(F)(F)F)cc1F. The van der Waals surface area contributed by atoms with Crippen molar-refractivity contribution in [1.29, 1.82) is 0 Å². The van der Waals surface area contributed by atoms with Crippen molar-refractivity contribution in [3.63, 3.8) is 0 Å². The predicted octanol–water partition coefficient (Wildman–Crippen LogP) is 5.61. The highest BCUT2D eigenvalue weighted by Crippen LogP contribution is 2.38. The van der Waals surface area contributed by atoms with Crippen molar-refractivity contribution >= 4 is 45.7 Å². The molecular weight excluding hydrogens is 482 g/mol. The lowest BCUT2D eigenvalue weighted by atomic mass is 10.2. The molecule has 0 unspecified atom stereocenters. The number of nitrogens with zero attached hydrogens (tertiary/aromatic N) is 1. The largest absolute Gasteiger partial charge is 0.449 e. The Kier molecular flexibility index (Phi) is 6.09. The standard InChI is InChI=1S/C15H9ClF5IN2O/c16-6-13(23)24-11-2-1-8(22)5-12(11)25-14-9(17)3-7(4-10(14)18)15(19,20)21/h1-5H,6H2,(H2,23,24). The number of hydrogen-bond donors (Lipinski definition) is 1. The van der Waals surface area contributed by atoms with Gasteiger partial charge in [0.05, 0.1) is 11.4 Å². The molecule has 3 nitrogen and oxygen atoms in total. The van der Waals surface area contributed by atoms with Crippen molar-refractivity contribution < 1.29 is 26.7 Å². The summed E-state index contributed by atoms with van der Waals surface area (Å²) in [6.07, 6.45) is -4.88. The Labute approximate surface area is 157 Å². The zero-order valence-electron chi connectivity index (χ0n) is 12.2. The van der Waals surface area contributed by atoms with Gasteiger partial charge >= 0.3 is 6.18 Å². The maximum absolute atomic E-state index is 13.9. The summed E-state index contributed by atoms with van der Waals surface area (Å²) >= 11 is 7.45. The van der Waals surface area contributed by atoms with Crippen LogP contribution in [0.4, 0.5) is 27.6 Å². The van der Waals surface area contributed by atoms with Crippen LogP contribution < -0.4 is 10.5 Å². The minimum Gasteiger partial charge on any atom is -0.449 e. The molecule has 0 atom stereocenters. The minimum atomic E-state index is -4.88. The number of amidine groups is 1. The van der Waals surface area contributed by atoms with Crippen molar-refractivity contribution in [2.45, 2.75) is 6.18 Å². The van der Waals surface area contributed by atoms with E-state index >= 15 is 0 Å². The summed E-state index contributed by atoms with van der Waals surface area (Å²) in [5.41, 5.74) is 4.19. The quantitative estimate of drug-likeness (QED) is 0.199. The topological polar surface area (TPSA) is 47.6 Å². The van der Waals surface area contributed by atoms with Crippen LogP contribution in [0, 0.1) is 15.2 Å². The number of rotatable bonds is 4. The zero-order valence-corrected chi connectivity index (χ0v) is 15.1. The third-order valence-corrected chi connectivity index (χ3v) is 3.81. The van der Waals surface area contributed by atoms with Gasteiger partial charge in [-0.1, -0.05) is 0 Å². The van der Waals surface area contributed by atoms with Crippen LogP contribution in [0.3, 0.4) is 0 Å². The maximum atomic E-state index is 13.9. The summed E-state index contributed by atoms with van der Waals surface area (Å²) in [4.78, 5) is 3.94. The van der Waals surface area contributed by atoms with E-state index < -0.39 is 29.1 Å². The van der Waals surface area contributed by atoms with Gasteiger partial charge in [0.15, 0.2) is 23.1 Å². The molecule has 0 radical (unpaired) electrons. The van der Waals surface area contributed by atoms with Gasteiger partial charge in [-0.3, -0.25) is 0 Å². The molecule has 0 aliphatic heterocycles. The van der Waals surface area contributed by atoms with Crippen LogP contribution in [0.1, 0.15) is 5.56 Å². The number of halogens is 7. The van der Waals surface area contributed by atoms with E-state index in [2.05, 4.69) is 4.99 Å². The van der Waals surface area contributed by atoms with Crippen molar-refractivity contribution in [3.8, 4) is 11.5 Å². The molecule has 0 spiro atoms. The van der Waals surface area contributed by atoms with Gasteiger partial charge in [-0.15, -0.1) is 11.6 Å². The summed E-state index contributed by atoms with van der Waals surface area (Å²) < 4.78 is 71.4. The van der Waals surface area contributed by atoms with Gasteiger partial charge in [-0.05, 0) is 52.9 Å². The van der Waals surface area contributed by atoms with Crippen LogP contribution in [0.2, 0.25) is 0 Å². The molecule has 0 heterocycles. The van der Waals surface area contributed by atoms with Crippen LogP contribution in [-0.4, -0.2) is 11.7 Å². The first-order chi connectivity index (χ1) is 11.6. The summed E-state index contributed by atoms with van der Waals surface area (Å²) in [5.74, 6) is -4.11. The summed E-state index contributed by atoms with van der Waals surface area (Å²) in [5, 5.41) is 0. The fraction of sp³-hybridized carbons (Fsp3) is 0.133. The molecule has 2 rings (SSSR count). The van der Waals surface area contributed by atoms with Gasteiger partial charge in [-0.25, -0.2) is 13.8 Å². The van der Waals surface area contributed by atoms with Gasteiger partial charge in [0, 0.05) is 3.57 Å². The first-order valence-electron chi connectivity index (χ1n) is 6.54. The monoisotopic (exact) mass is 490 g/mol. The van der Waals surface area contributed by atoms with E-state index in [1.54, 1.807) is 6.07 Å². The van der Waals surface area contributed by atoms with Crippen LogP contribution in [-0.2, 0) is 6.18 Å². The Morgan fingerprint density at radius 1 is 1.16 bits per heavy atom. The van der Waals surface area contributed by atoms with Gasteiger partial charge in [0.1, 0.15) is 11.5 Å². The van der Waals surface area contributed by atoms with E-state index in [4.69, 9.17) is 22.1 Å². The van der Waals surface area contributed by atoms with E-state index in [9.17, 15) is 22.0 Å². The number of nitrogens with two attached hydrogens (primary N) is 1. The van der Waals surface area contributed by atoms with Gasteiger partial charge in [-0.2, -0.15) is 13.2 Å². The molecule has 0 fully saturated rings. The van der Waals surface area contributed by atoms with E-state index in [1.165, 1.54) is 12.1 Å². The highest BCUT2D eigenvalue weighted by molar-refractivity contribution is 14.1. The highest BCUT2D eigenvalue weighted by atomic mass is 127. The van der Waals surface area contributed by atoms with E-state index in [1.807, 2.05) is 22.6 Å². The van der Waals surface area contributed by atoms with Crippen molar-refractivity contribution in [2.75, 3.05) is 5.88 Å². The Morgan fingerprint density at radius 2 is 1.76 bits per heavy atom. The molecule has 0 saturated heterocycles. The Bertz CT molecular complexity index is 803. The first-order valence-corrected chi connectivity index (χ1v) is 8.15. The van der Waals surface area contributed by atoms with Gasteiger partial charge < -0.3 is 10.5 Å². The lowest BCUT2D eigenvalue weighted by Gasteiger charge is -2.13. The Balaban J connectivity index is 2.48. The van der Waals surface area contributed by atoms with Crippen LogP contribution >= 0.6 is 34.2 Å². The lowest BCUT2D eigenvalue weighted by molar-refractivity contribution is -0.138. The number of aliphatic imine (C=N–C) groups is 1. The van der Waals surface area contributed by atoms with E-state index in [-0.39, 0.29) is 35.3 Å². The molecule has 10 heteroatoms. The molecular formula is C15H9ClF5IN2O. The van der Waals surface area contributed by atoms with Crippen molar-refractivity contribution in [2.24, 2.45) is 10.7 Å². The van der Waals surface area contributed by atoms with E-state index in [0.717, 1.165) is 0 Å². The Hall–Kier alpha value is -1.62. The van der Waals surface area contributed by atoms with Crippen molar-refractivity contribution in [3.05, 3.63) is 51.1 Å². The molecule has 0 amide bonds. The third kappa shape index (κ3) is 4.94. The molecule has 25 heavy (non-hydrogen) atoms. The fourth-order valence-electron chi connectivity index (χ4n) is 1.78. The molecule has 134 valence electrons. The van der Waals surface area contributed by atoms with Crippen LogP contribution in [0.5, 0.6) is 11.5 Å². The fourth-order valence-corrected chi connectivity index (χ4v) is 2.30. The normalized spacial score (nSPS) is 12.4. The molecule has 0 bridgehead atoms. The smallest absolute Gasteiger partial charge is 0.416 e. The lowest BCUT2D eigenvalue weighted by Crippen LogP contribution is -2.12. The van der Waals surface area contributed by atoms with Gasteiger partial charge in [0.2, 0.25) is 0 Å². The molecule has 0 aliphatic rings. The van der Waals surface area contributed by atoms with Gasteiger partial charge in [0.25, 0.3) is 0 Å². The Morgan fingerprint density at radius 3 is 2.28 bits per heavy atom. The second-order valence-electron chi connectivity index (χ2n) is 4.72. The third-order valence-electron chi connectivity index (χ3n) is 2.86. The van der Waals surface area contributed by atoms with Crippen LogP contribution in [0.25, 0.3) is 0 Å². The number of hydrogen-bond acceptors (Lipinski definition) is 2. The molecule has 0 aliphatic carbocycles. The van der Waals surface area contributed by atoms with Crippen LogP contribution in [0.15, 0.2) is 35.3 Å². The first kappa shape index (κ1) is 19.7. The minimum absolute atomic E-state index is 0.0288. The number of ether oxygens (including phenoxy) is 1. The average molecular weight is 491 g/mol. The molecule has 2 aromatic carbocycles. The molecule has 0 aromatic heterocycles. The molecule has 0 saturated carbocycles.